The minimum absolute atomic E-state index is 0.736. The summed E-state index contributed by atoms with van der Waals surface area (Å²) in [6.45, 7) is 0. The van der Waals surface area contributed by atoms with Crippen molar-refractivity contribution in [1.82, 2.24) is 15.0 Å². The second kappa shape index (κ2) is 11.4. The molecule has 242 valence electrons. The molecule has 0 unspecified atom stereocenters. The fourth-order valence-electron chi connectivity index (χ4n) is 7.51. The van der Waals surface area contributed by atoms with Crippen LogP contribution in [0.4, 0.5) is 0 Å². The lowest BCUT2D eigenvalue weighted by Gasteiger charge is -2.10. The molecular weight excluding hydrogens is 655 g/mol. The highest BCUT2D eigenvalue weighted by Crippen LogP contribution is 2.42. The van der Waals surface area contributed by atoms with Crippen LogP contribution in [0, 0.1) is 0 Å². The second-order valence-electron chi connectivity index (χ2n) is 13.2. The van der Waals surface area contributed by atoms with Gasteiger partial charge in [-0.05, 0) is 46.2 Å². The van der Waals surface area contributed by atoms with E-state index >= 15 is 0 Å². The molecule has 0 amide bonds. The Morgan fingerprint density at radius 1 is 0.442 bits per heavy atom. The van der Waals surface area contributed by atoms with E-state index in [0.29, 0.717) is 0 Å². The molecule has 0 saturated heterocycles. The summed E-state index contributed by atoms with van der Waals surface area (Å²) in [7, 11) is 0. The normalized spacial score (nSPS) is 11.8. The highest BCUT2D eigenvalue weighted by atomic mass is 32.1. The first-order valence-electron chi connectivity index (χ1n) is 17.3. The van der Waals surface area contributed by atoms with Gasteiger partial charge in [-0.15, -0.1) is 11.3 Å². The van der Waals surface area contributed by atoms with Gasteiger partial charge in [0.1, 0.15) is 11.3 Å². The smallest absolute Gasteiger partial charge is 0.162 e. The van der Waals surface area contributed by atoms with E-state index in [1.807, 2.05) is 30.3 Å². The Morgan fingerprint density at radius 3 is 1.83 bits per heavy atom. The van der Waals surface area contributed by atoms with Gasteiger partial charge in [-0.25, -0.2) is 15.0 Å². The second-order valence-corrected chi connectivity index (χ2v) is 14.2. The van der Waals surface area contributed by atoms with Crippen LogP contribution < -0.4 is 0 Å². The number of aromatic nitrogens is 3. The van der Waals surface area contributed by atoms with Crippen molar-refractivity contribution in [2.24, 2.45) is 0 Å². The Morgan fingerprint density at radius 2 is 1.06 bits per heavy atom. The predicted octanol–water partition coefficient (Wildman–Crippen LogP) is 13.1. The molecule has 0 aliphatic carbocycles. The lowest BCUT2D eigenvalue weighted by Crippen LogP contribution is -1.93. The van der Waals surface area contributed by atoms with Gasteiger partial charge in [0.05, 0.1) is 21.4 Å². The third kappa shape index (κ3) is 4.57. The standard InChI is InChI=1S/C47H27N3OS/c1-2-10-32(11-3-1)47-49-43(46-44(50-47)36-15-7-9-17-40(36)52-46)31-24-20-29(21-25-31)28-18-22-30(23-19-28)42-45-41(35-14-6-8-16-39(35)51-45)37-26-33-12-4-5-13-34(33)27-38(37)48-42/h1-27H. The Bertz CT molecular complexity index is 3160. The first-order valence-corrected chi connectivity index (χ1v) is 18.2. The zero-order valence-electron chi connectivity index (χ0n) is 27.7. The molecule has 7 aromatic carbocycles. The van der Waals surface area contributed by atoms with Crippen LogP contribution in [-0.2, 0) is 0 Å². The monoisotopic (exact) mass is 681 g/mol. The highest BCUT2D eigenvalue weighted by molar-refractivity contribution is 7.26. The van der Waals surface area contributed by atoms with Crippen LogP contribution >= 0.6 is 11.3 Å². The third-order valence-electron chi connectivity index (χ3n) is 10.1. The van der Waals surface area contributed by atoms with Gasteiger partial charge >= 0.3 is 0 Å². The molecule has 0 spiro atoms. The minimum Gasteiger partial charge on any atom is -0.454 e. The molecule has 4 aromatic heterocycles. The van der Waals surface area contributed by atoms with Gasteiger partial charge in [0.15, 0.2) is 11.4 Å². The maximum absolute atomic E-state index is 6.54. The molecule has 5 heteroatoms. The third-order valence-corrected chi connectivity index (χ3v) is 11.2. The van der Waals surface area contributed by atoms with Gasteiger partial charge in [-0.1, -0.05) is 140 Å². The van der Waals surface area contributed by atoms with Crippen LogP contribution in [0.2, 0.25) is 0 Å². The van der Waals surface area contributed by atoms with Crippen LogP contribution in [0.1, 0.15) is 0 Å². The summed E-state index contributed by atoms with van der Waals surface area (Å²) in [6.07, 6.45) is 0. The molecule has 11 aromatic rings. The average molecular weight is 682 g/mol. The molecule has 0 aliphatic heterocycles. The van der Waals surface area contributed by atoms with Crippen LogP contribution in [0.5, 0.6) is 0 Å². The van der Waals surface area contributed by atoms with E-state index in [4.69, 9.17) is 19.4 Å². The number of para-hydroxylation sites is 1. The lowest BCUT2D eigenvalue weighted by molar-refractivity contribution is 0.669. The number of rotatable bonds is 4. The summed E-state index contributed by atoms with van der Waals surface area (Å²) < 4.78 is 8.86. The fourth-order valence-corrected chi connectivity index (χ4v) is 8.67. The zero-order valence-corrected chi connectivity index (χ0v) is 28.6. The maximum atomic E-state index is 6.54. The van der Waals surface area contributed by atoms with E-state index in [1.54, 1.807) is 11.3 Å². The summed E-state index contributed by atoms with van der Waals surface area (Å²) in [5.41, 5.74) is 10.8. The van der Waals surface area contributed by atoms with E-state index in [2.05, 4.69) is 133 Å². The average Bonchev–Trinajstić information content (AvgIpc) is 3.79. The van der Waals surface area contributed by atoms with Crippen molar-refractivity contribution in [3.8, 4) is 45.0 Å². The van der Waals surface area contributed by atoms with Crippen molar-refractivity contribution in [3.63, 3.8) is 0 Å². The molecule has 4 nitrogen and oxygen atoms in total. The summed E-state index contributed by atoms with van der Waals surface area (Å²) in [5, 5.41) is 6.84. The van der Waals surface area contributed by atoms with Crippen molar-refractivity contribution in [3.05, 3.63) is 164 Å². The van der Waals surface area contributed by atoms with Crippen LogP contribution in [0.25, 0.3) is 109 Å². The summed E-state index contributed by atoms with van der Waals surface area (Å²) in [6, 6.07) is 57.3. The molecule has 0 fully saturated rings. The van der Waals surface area contributed by atoms with Crippen molar-refractivity contribution in [2.75, 3.05) is 0 Å². The molecule has 0 bridgehead atoms. The number of benzene rings is 7. The Kier molecular flexibility index (Phi) is 6.39. The molecule has 4 heterocycles. The zero-order chi connectivity index (χ0) is 34.2. The van der Waals surface area contributed by atoms with Gasteiger partial charge in [0.2, 0.25) is 0 Å². The van der Waals surface area contributed by atoms with Gasteiger partial charge in [0.25, 0.3) is 0 Å². The van der Waals surface area contributed by atoms with Gasteiger partial charge in [-0.2, -0.15) is 0 Å². The van der Waals surface area contributed by atoms with Gasteiger partial charge in [0, 0.05) is 42.9 Å². The first-order chi connectivity index (χ1) is 25.7. The Balaban J connectivity index is 1.00. The largest absolute Gasteiger partial charge is 0.454 e. The predicted molar refractivity (Wildman–Crippen MR) is 217 cm³/mol. The number of nitrogens with zero attached hydrogens (tertiary/aromatic N) is 3. The summed E-state index contributed by atoms with van der Waals surface area (Å²) in [5.74, 6) is 0.736. The van der Waals surface area contributed by atoms with E-state index in [0.717, 1.165) is 93.5 Å². The van der Waals surface area contributed by atoms with Crippen LogP contribution in [0.15, 0.2) is 168 Å². The molecule has 0 aliphatic rings. The lowest BCUT2D eigenvalue weighted by atomic mass is 9.98. The summed E-state index contributed by atoms with van der Waals surface area (Å²) >= 11 is 1.75. The molecule has 0 saturated carbocycles. The SMILES string of the molecule is c1ccc(-c2nc(-c3ccc(-c4ccc(-c5nc6cc7ccccc7cc6c6c5oc5ccccc56)cc4)cc3)c3sc4ccccc4c3n2)cc1. The molecule has 0 N–H and O–H groups in total. The number of hydrogen-bond acceptors (Lipinski definition) is 5. The van der Waals surface area contributed by atoms with Gasteiger partial charge < -0.3 is 4.42 Å². The molecule has 0 atom stereocenters. The van der Waals surface area contributed by atoms with E-state index < -0.39 is 0 Å². The van der Waals surface area contributed by atoms with Crippen LogP contribution in [-0.4, -0.2) is 15.0 Å². The topological polar surface area (TPSA) is 51.8 Å². The highest BCUT2D eigenvalue weighted by Gasteiger charge is 2.19. The fraction of sp³-hybridized carbons (Fsp3) is 0. The van der Waals surface area contributed by atoms with Gasteiger partial charge in [-0.3, -0.25) is 0 Å². The van der Waals surface area contributed by atoms with Crippen molar-refractivity contribution < 1.29 is 4.42 Å². The number of fused-ring (bicyclic) bond motifs is 9. The number of hydrogen-bond donors (Lipinski definition) is 0. The number of thiophene rings is 1. The van der Waals surface area contributed by atoms with Crippen molar-refractivity contribution in [1.29, 1.82) is 0 Å². The number of furan rings is 1. The van der Waals surface area contributed by atoms with Crippen molar-refractivity contribution in [2.45, 2.75) is 0 Å². The molecule has 0 radical (unpaired) electrons. The number of pyridine rings is 1. The van der Waals surface area contributed by atoms with E-state index in [-0.39, 0.29) is 0 Å². The molecule has 52 heavy (non-hydrogen) atoms. The molecular formula is C47H27N3OS. The van der Waals surface area contributed by atoms with Crippen molar-refractivity contribution >= 4 is 75.3 Å². The maximum Gasteiger partial charge on any atom is 0.162 e. The summed E-state index contributed by atoms with van der Waals surface area (Å²) in [4.78, 5) is 15.4. The van der Waals surface area contributed by atoms with E-state index in [9.17, 15) is 0 Å². The first kappa shape index (κ1) is 29.1. The Labute approximate surface area is 302 Å². The minimum atomic E-state index is 0.736. The molecule has 11 rings (SSSR count). The van der Waals surface area contributed by atoms with Crippen LogP contribution in [0.3, 0.4) is 0 Å². The quantitative estimate of drug-likeness (QED) is 0.174. The van der Waals surface area contributed by atoms with E-state index in [1.165, 1.54) is 15.5 Å². The Hall–Kier alpha value is -6.69.